The zero-order valence-electron chi connectivity index (χ0n) is 9.96. The Kier molecular flexibility index (Phi) is 6.12. The van der Waals surface area contributed by atoms with Crippen molar-refractivity contribution in [2.45, 2.75) is 26.7 Å². The van der Waals surface area contributed by atoms with Gasteiger partial charge < -0.3 is 10.1 Å². The van der Waals surface area contributed by atoms with Crippen LogP contribution in [0.2, 0.25) is 5.28 Å². The lowest BCUT2D eigenvalue weighted by Crippen LogP contribution is -2.08. The van der Waals surface area contributed by atoms with Crippen LogP contribution in [-0.2, 0) is 0 Å². The predicted molar refractivity (Wildman–Crippen MR) is 67.2 cm³/mol. The Balaban J connectivity index is 2.57. The van der Waals surface area contributed by atoms with Gasteiger partial charge in [0.2, 0.25) is 11.2 Å². The first-order valence-electron chi connectivity index (χ1n) is 5.44. The third kappa shape index (κ3) is 5.36. The fraction of sp³-hybridized carbons (Fsp3) is 0.545. The van der Waals surface area contributed by atoms with Gasteiger partial charge in [0.1, 0.15) is 0 Å². The molecule has 0 saturated heterocycles. The highest BCUT2D eigenvalue weighted by molar-refractivity contribution is 6.28. The second-order valence-corrected chi connectivity index (χ2v) is 3.50. The van der Waals surface area contributed by atoms with Crippen molar-refractivity contribution in [3.05, 3.63) is 5.28 Å². The molecule has 0 aliphatic heterocycles. The fourth-order valence-electron chi connectivity index (χ4n) is 1.03. The van der Waals surface area contributed by atoms with Gasteiger partial charge in [-0.05, 0) is 24.9 Å². The first-order valence-corrected chi connectivity index (χ1v) is 5.82. The summed E-state index contributed by atoms with van der Waals surface area (Å²) in [4.78, 5) is 11.9. The number of nitrogens with one attached hydrogen (secondary N) is 1. The predicted octanol–water partition coefficient (Wildman–Crippen LogP) is 2.14. The molecule has 0 atom stereocenters. The molecule has 0 aliphatic carbocycles. The SMILES string of the molecule is CC#CCCNc1nc(Cl)nc(OCCC)n1. The van der Waals surface area contributed by atoms with Crippen LogP contribution in [0.15, 0.2) is 0 Å². The summed E-state index contributed by atoms with van der Waals surface area (Å²) < 4.78 is 5.29. The van der Waals surface area contributed by atoms with Crippen LogP contribution in [0.1, 0.15) is 26.7 Å². The number of ether oxygens (including phenoxy) is 1. The molecule has 0 fully saturated rings. The van der Waals surface area contributed by atoms with E-state index in [2.05, 4.69) is 32.1 Å². The highest BCUT2D eigenvalue weighted by Gasteiger charge is 2.04. The summed E-state index contributed by atoms with van der Waals surface area (Å²) in [6.45, 7) is 5.03. The van der Waals surface area contributed by atoms with Crippen LogP contribution in [0, 0.1) is 11.8 Å². The Morgan fingerprint density at radius 3 is 2.88 bits per heavy atom. The molecule has 1 rings (SSSR count). The number of rotatable bonds is 6. The summed E-state index contributed by atoms with van der Waals surface area (Å²) in [5.74, 6) is 6.16. The van der Waals surface area contributed by atoms with Crippen LogP contribution in [0.25, 0.3) is 0 Å². The zero-order chi connectivity index (χ0) is 12.5. The first kappa shape index (κ1) is 13.5. The molecule has 0 radical (unpaired) electrons. The van der Waals surface area contributed by atoms with Crippen LogP contribution in [0.3, 0.4) is 0 Å². The maximum absolute atomic E-state index is 5.76. The van der Waals surface area contributed by atoms with E-state index in [9.17, 15) is 0 Å². The van der Waals surface area contributed by atoms with Crippen molar-refractivity contribution >= 4 is 17.5 Å². The Hall–Kier alpha value is -1.54. The lowest BCUT2D eigenvalue weighted by Gasteiger charge is -2.05. The third-order valence-corrected chi connectivity index (χ3v) is 1.90. The van der Waals surface area contributed by atoms with Crippen LogP contribution in [0.5, 0.6) is 6.01 Å². The average Bonchev–Trinajstić information content (AvgIpc) is 2.31. The maximum atomic E-state index is 5.76. The van der Waals surface area contributed by atoms with E-state index in [1.807, 2.05) is 6.92 Å². The molecule has 1 aromatic heterocycles. The summed E-state index contributed by atoms with van der Waals surface area (Å²) >= 11 is 5.76. The third-order valence-electron chi connectivity index (χ3n) is 1.73. The summed E-state index contributed by atoms with van der Waals surface area (Å²) in [5, 5.41) is 3.13. The minimum atomic E-state index is 0.121. The number of aromatic nitrogens is 3. The standard InChI is InChI=1S/C11H15ClN4O/c1-3-5-6-7-13-10-14-9(12)15-11(16-10)17-8-4-2/h4,6-8H2,1-2H3,(H,13,14,15,16). The van der Waals surface area contributed by atoms with Gasteiger partial charge in [0, 0.05) is 13.0 Å². The number of anilines is 1. The Morgan fingerprint density at radius 2 is 2.18 bits per heavy atom. The van der Waals surface area contributed by atoms with Crippen LogP contribution < -0.4 is 10.1 Å². The molecule has 92 valence electrons. The normalized spacial score (nSPS) is 9.35. The molecule has 17 heavy (non-hydrogen) atoms. The maximum Gasteiger partial charge on any atom is 0.322 e. The van der Waals surface area contributed by atoms with Gasteiger partial charge in [0.05, 0.1) is 6.61 Å². The van der Waals surface area contributed by atoms with E-state index in [4.69, 9.17) is 16.3 Å². The molecule has 0 spiro atoms. The van der Waals surface area contributed by atoms with E-state index >= 15 is 0 Å². The molecule has 0 bridgehead atoms. The largest absolute Gasteiger partial charge is 0.463 e. The van der Waals surface area contributed by atoms with Gasteiger partial charge in [0.25, 0.3) is 0 Å². The quantitative estimate of drug-likeness (QED) is 0.623. The first-order chi connectivity index (χ1) is 8.26. The number of nitrogens with zero attached hydrogens (tertiary/aromatic N) is 3. The van der Waals surface area contributed by atoms with E-state index in [-0.39, 0.29) is 11.3 Å². The lowest BCUT2D eigenvalue weighted by molar-refractivity contribution is 0.291. The highest BCUT2D eigenvalue weighted by Crippen LogP contribution is 2.11. The van der Waals surface area contributed by atoms with Crippen molar-refractivity contribution in [1.82, 2.24) is 15.0 Å². The molecule has 1 N–H and O–H groups in total. The summed E-state index contributed by atoms with van der Waals surface area (Å²) in [6, 6.07) is 0.246. The van der Waals surface area contributed by atoms with Crippen LogP contribution >= 0.6 is 11.6 Å². The number of halogens is 1. The molecule has 0 unspecified atom stereocenters. The van der Waals surface area contributed by atoms with Crippen molar-refractivity contribution in [3.8, 4) is 17.9 Å². The highest BCUT2D eigenvalue weighted by atomic mass is 35.5. The van der Waals surface area contributed by atoms with Gasteiger partial charge in [0.15, 0.2) is 0 Å². The molecule has 5 nitrogen and oxygen atoms in total. The van der Waals surface area contributed by atoms with E-state index < -0.39 is 0 Å². The van der Waals surface area contributed by atoms with E-state index in [0.29, 0.717) is 19.1 Å². The summed E-state index contributed by atoms with van der Waals surface area (Å²) in [6.07, 6.45) is 1.61. The molecule has 1 heterocycles. The summed E-state index contributed by atoms with van der Waals surface area (Å²) in [7, 11) is 0. The minimum absolute atomic E-state index is 0.121. The molecule has 0 amide bonds. The van der Waals surface area contributed by atoms with Gasteiger partial charge >= 0.3 is 6.01 Å². The fourth-order valence-corrected chi connectivity index (χ4v) is 1.18. The van der Waals surface area contributed by atoms with Crippen molar-refractivity contribution in [3.63, 3.8) is 0 Å². The Bertz CT molecular complexity index is 414. The zero-order valence-corrected chi connectivity index (χ0v) is 10.7. The second-order valence-electron chi connectivity index (χ2n) is 3.16. The monoisotopic (exact) mass is 254 g/mol. The molecule has 6 heteroatoms. The van der Waals surface area contributed by atoms with Crippen LogP contribution in [0.4, 0.5) is 5.95 Å². The van der Waals surface area contributed by atoms with E-state index in [0.717, 1.165) is 12.8 Å². The molecule has 0 aromatic carbocycles. The van der Waals surface area contributed by atoms with Crippen LogP contribution in [-0.4, -0.2) is 28.1 Å². The molecule has 0 saturated carbocycles. The van der Waals surface area contributed by atoms with Crippen molar-refractivity contribution in [2.24, 2.45) is 0 Å². The van der Waals surface area contributed by atoms with Crippen molar-refractivity contribution in [2.75, 3.05) is 18.5 Å². The van der Waals surface area contributed by atoms with Crippen molar-refractivity contribution < 1.29 is 4.74 Å². The van der Waals surface area contributed by atoms with Gasteiger partial charge in [-0.1, -0.05) is 6.92 Å². The topological polar surface area (TPSA) is 59.9 Å². The van der Waals surface area contributed by atoms with Gasteiger partial charge in [-0.25, -0.2) is 0 Å². The van der Waals surface area contributed by atoms with Gasteiger partial charge in [-0.3, -0.25) is 0 Å². The minimum Gasteiger partial charge on any atom is -0.463 e. The van der Waals surface area contributed by atoms with Crippen molar-refractivity contribution in [1.29, 1.82) is 0 Å². The Morgan fingerprint density at radius 1 is 1.35 bits per heavy atom. The van der Waals surface area contributed by atoms with Gasteiger partial charge in [-0.15, -0.1) is 11.8 Å². The molecular formula is C11H15ClN4O. The lowest BCUT2D eigenvalue weighted by atomic mass is 10.4. The Labute approximate surface area is 106 Å². The molecule has 0 aliphatic rings. The number of hydrogen-bond acceptors (Lipinski definition) is 5. The molecule has 1 aromatic rings. The second kappa shape index (κ2) is 7.69. The van der Waals surface area contributed by atoms with E-state index in [1.54, 1.807) is 6.92 Å². The van der Waals surface area contributed by atoms with E-state index in [1.165, 1.54) is 0 Å². The number of hydrogen-bond donors (Lipinski definition) is 1. The average molecular weight is 255 g/mol. The van der Waals surface area contributed by atoms with Gasteiger partial charge in [-0.2, -0.15) is 15.0 Å². The smallest absolute Gasteiger partial charge is 0.322 e. The molecular weight excluding hydrogens is 240 g/mol. The summed E-state index contributed by atoms with van der Waals surface area (Å²) in [5.41, 5.74) is 0.